The first-order valence-corrected chi connectivity index (χ1v) is 15.7. The van der Waals surface area contributed by atoms with Crippen molar-refractivity contribution in [3.8, 4) is 35.1 Å². The highest BCUT2D eigenvalue weighted by molar-refractivity contribution is 6.38. The van der Waals surface area contributed by atoms with Crippen molar-refractivity contribution in [1.82, 2.24) is 0 Å². The summed E-state index contributed by atoms with van der Waals surface area (Å²) in [4.78, 5) is 0. The molecule has 14 heteroatoms. The Labute approximate surface area is 303 Å². The molecular formula is C32H14Cl8N2O4. The van der Waals surface area contributed by atoms with E-state index in [1.54, 1.807) is 12.1 Å². The van der Waals surface area contributed by atoms with E-state index >= 15 is 0 Å². The molecule has 1 aliphatic carbocycles. The molecule has 0 heterocycles. The Morgan fingerprint density at radius 3 is 1.13 bits per heavy atom. The zero-order chi connectivity index (χ0) is 33.2. The molecule has 4 aromatic rings. The van der Waals surface area contributed by atoms with E-state index < -0.39 is 11.6 Å². The van der Waals surface area contributed by atoms with Crippen LogP contribution in [-0.2, 0) is 0 Å². The van der Waals surface area contributed by atoms with Crippen LogP contribution in [0, 0.1) is 22.7 Å². The van der Waals surface area contributed by atoms with Gasteiger partial charge in [0.1, 0.15) is 23.6 Å². The summed E-state index contributed by atoms with van der Waals surface area (Å²) in [5, 5.41) is 21.1. The minimum absolute atomic E-state index is 0.0279. The Hall–Kier alpha value is -3.14. The molecular weight excluding hydrogens is 760 g/mol. The van der Waals surface area contributed by atoms with Crippen LogP contribution in [0.4, 0.5) is 0 Å². The van der Waals surface area contributed by atoms with Gasteiger partial charge in [-0.25, -0.2) is 0 Å². The van der Waals surface area contributed by atoms with E-state index in [4.69, 9.17) is 112 Å². The van der Waals surface area contributed by atoms with Gasteiger partial charge in [-0.05, 0) is 48.5 Å². The van der Waals surface area contributed by atoms with Gasteiger partial charge in [0.2, 0.25) is 0 Å². The minimum atomic E-state index is -2.49. The van der Waals surface area contributed by atoms with Crippen LogP contribution in [0.15, 0.2) is 96.1 Å². The highest BCUT2D eigenvalue weighted by Gasteiger charge is 2.64. The van der Waals surface area contributed by atoms with Gasteiger partial charge in [-0.1, -0.05) is 105 Å². The van der Waals surface area contributed by atoms with Crippen LogP contribution in [0.3, 0.4) is 0 Å². The van der Waals surface area contributed by atoms with Gasteiger partial charge in [0.25, 0.3) is 0 Å². The number of rotatable bonds is 8. The molecule has 0 aromatic heterocycles. The number of hydrogen-bond donors (Lipinski definition) is 0. The van der Waals surface area contributed by atoms with Crippen LogP contribution in [0.1, 0.15) is 0 Å². The van der Waals surface area contributed by atoms with Gasteiger partial charge in [0, 0.05) is 34.3 Å². The molecule has 0 spiro atoms. The lowest BCUT2D eigenvalue weighted by atomic mass is 9.89. The van der Waals surface area contributed by atoms with Gasteiger partial charge in [0.05, 0.1) is 41.3 Å². The van der Waals surface area contributed by atoms with Crippen molar-refractivity contribution in [2.24, 2.45) is 0 Å². The van der Waals surface area contributed by atoms with E-state index in [0.717, 1.165) is 12.2 Å². The lowest BCUT2D eigenvalue weighted by molar-refractivity contribution is -0.256. The standard InChI is InChI=1S/C32H14Cl8N2O4/c33-19-7-9-21(35)27(11-19)43-31(45-29-23(37)3-1-4-24(29)38)13-17(15-41)18(16-42)14-32(31,44-28-12-20(34)8-10-22(28)36)46-30-25(39)5-2-6-26(30)40/h1-14H. The average Bonchev–Trinajstić information content (AvgIpc) is 3.01. The molecule has 46 heavy (non-hydrogen) atoms. The molecule has 0 radical (unpaired) electrons. The van der Waals surface area contributed by atoms with E-state index in [0.29, 0.717) is 0 Å². The fourth-order valence-electron chi connectivity index (χ4n) is 4.27. The Morgan fingerprint density at radius 1 is 0.457 bits per heavy atom. The highest BCUT2D eigenvalue weighted by atomic mass is 35.5. The van der Waals surface area contributed by atoms with Crippen LogP contribution in [0.2, 0.25) is 40.2 Å². The Balaban J connectivity index is 1.93. The molecule has 2 unspecified atom stereocenters. The van der Waals surface area contributed by atoms with E-state index in [9.17, 15) is 10.5 Å². The fourth-order valence-corrected chi connectivity index (χ4v) is 5.85. The zero-order valence-corrected chi connectivity index (χ0v) is 28.7. The lowest BCUT2D eigenvalue weighted by Crippen LogP contribution is -2.67. The number of benzene rings is 4. The van der Waals surface area contributed by atoms with Crippen LogP contribution in [0.25, 0.3) is 0 Å². The summed E-state index contributed by atoms with van der Waals surface area (Å²) in [5.41, 5.74) is -0.428. The second-order valence-corrected chi connectivity index (χ2v) is 12.7. The minimum Gasteiger partial charge on any atom is -0.441 e. The molecule has 0 aliphatic heterocycles. The summed E-state index contributed by atoms with van der Waals surface area (Å²) < 4.78 is 26.2. The zero-order valence-electron chi connectivity index (χ0n) is 22.6. The maximum absolute atomic E-state index is 10.2. The molecule has 0 N–H and O–H groups in total. The quantitative estimate of drug-likeness (QED) is 0.166. The highest BCUT2D eigenvalue weighted by Crippen LogP contribution is 2.50. The van der Waals surface area contributed by atoms with Crippen molar-refractivity contribution < 1.29 is 18.9 Å². The second kappa shape index (κ2) is 13.9. The fraction of sp³-hybridized carbons (Fsp3) is 0.0625. The molecule has 0 saturated carbocycles. The lowest BCUT2D eigenvalue weighted by Gasteiger charge is -2.46. The van der Waals surface area contributed by atoms with Crippen LogP contribution in [-0.4, -0.2) is 11.6 Å². The molecule has 232 valence electrons. The Morgan fingerprint density at radius 2 is 0.804 bits per heavy atom. The molecule has 5 rings (SSSR count). The third kappa shape index (κ3) is 6.78. The van der Waals surface area contributed by atoms with Crippen LogP contribution in [0.5, 0.6) is 23.0 Å². The third-order valence-corrected chi connectivity index (χ3v) is 8.63. The van der Waals surface area contributed by atoms with Gasteiger partial charge in [-0.2, -0.15) is 10.5 Å². The number of allylic oxidation sites excluding steroid dienone is 2. The van der Waals surface area contributed by atoms with Crippen molar-refractivity contribution in [3.63, 3.8) is 0 Å². The van der Waals surface area contributed by atoms with Gasteiger partial charge in [-0.3, -0.25) is 0 Å². The van der Waals surface area contributed by atoms with Gasteiger partial charge < -0.3 is 18.9 Å². The van der Waals surface area contributed by atoms with Crippen molar-refractivity contribution in [2.45, 2.75) is 11.6 Å². The molecule has 0 bridgehead atoms. The predicted molar refractivity (Wildman–Crippen MR) is 181 cm³/mol. The monoisotopic (exact) mass is 770 g/mol. The second-order valence-electron chi connectivity index (χ2n) is 9.33. The predicted octanol–water partition coefficient (Wildman–Crippen LogP) is 11.8. The Bertz CT molecular complexity index is 1820. The largest absolute Gasteiger partial charge is 0.441 e. The van der Waals surface area contributed by atoms with E-state index in [-0.39, 0.29) is 74.3 Å². The normalized spacial score (nSPS) is 18.8. The smallest absolute Gasteiger partial charge is 0.357 e. The molecule has 0 amide bonds. The van der Waals surface area contributed by atoms with Crippen molar-refractivity contribution in [3.05, 3.63) is 136 Å². The maximum atomic E-state index is 10.2. The molecule has 0 saturated heterocycles. The molecule has 1 aliphatic rings. The van der Waals surface area contributed by atoms with E-state index in [2.05, 4.69) is 0 Å². The van der Waals surface area contributed by atoms with E-state index in [1.165, 1.54) is 60.7 Å². The van der Waals surface area contributed by atoms with Gasteiger partial charge >= 0.3 is 11.6 Å². The van der Waals surface area contributed by atoms with Gasteiger partial charge in [-0.15, -0.1) is 0 Å². The summed E-state index contributed by atoms with van der Waals surface area (Å²) in [6, 6.07) is 21.8. The topological polar surface area (TPSA) is 84.5 Å². The number of ether oxygens (including phenoxy) is 4. The van der Waals surface area contributed by atoms with E-state index in [1.807, 2.05) is 12.1 Å². The summed E-state index contributed by atoms with van der Waals surface area (Å²) in [6.45, 7) is 0. The molecule has 6 nitrogen and oxygen atoms in total. The van der Waals surface area contributed by atoms with Crippen molar-refractivity contribution >= 4 is 92.8 Å². The first-order valence-electron chi connectivity index (χ1n) is 12.7. The number of para-hydroxylation sites is 2. The first kappa shape index (κ1) is 34.2. The van der Waals surface area contributed by atoms with Crippen LogP contribution >= 0.6 is 92.8 Å². The van der Waals surface area contributed by atoms with Crippen molar-refractivity contribution in [2.75, 3.05) is 0 Å². The van der Waals surface area contributed by atoms with Gasteiger partial charge in [0.15, 0.2) is 11.5 Å². The number of hydrogen-bond acceptors (Lipinski definition) is 6. The third-order valence-electron chi connectivity index (χ3n) is 6.34. The Kier molecular flexibility index (Phi) is 10.3. The number of halogens is 8. The summed E-state index contributed by atoms with van der Waals surface area (Å²) in [6.07, 6.45) is 2.29. The van der Waals surface area contributed by atoms with Crippen molar-refractivity contribution in [1.29, 1.82) is 10.5 Å². The molecule has 2 atom stereocenters. The average molecular weight is 774 g/mol. The first-order chi connectivity index (χ1) is 21.9. The maximum Gasteiger partial charge on any atom is 0.357 e. The summed E-state index contributed by atoms with van der Waals surface area (Å²) in [5.74, 6) is -5.39. The molecule has 0 fully saturated rings. The van der Waals surface area contributed by atoms with Crippen LogP contribution < -0.4 is 18.9 Å². The summed E-state index contributed by atoms with van der Waals surface area (Å²) in [7, 11) is 0. The molecule has 4 aromatic carbocycles. The summed E-state index contributed by atoms with van der Waals surface area (Å²) >= 11 is 52.1. The SMILES string of the molecule is N#CC1=CC(Oc2cc(Cl)ccc2Cl)(Oc2c(Cl)cccc2Cl)C(Oc2cc(Cl)ccc2Cl)(Oc2c(Cl)cccc2Cl)C=C1C#N. The number of nitrogens with zero attached hydrogens (tertiary/aromatic N) is 2. The number of nitriles is 2.